The molecule has 1 aromatic rings. The van der Waals surface area contributed by atoms with Crippen LogP contribution in [0.5, 0.6) is 0 Å². The van der Waals surface area contributed by atoms with E-state index in [0.717, 1.165) is 0 Å². The molecule has 0 aromatic carbocycles. The molecule has 0 aliphatic carbocycles. The highest BCUT2D eigenvalue weighted by Gasteiger charge is 2.07. The van der Waals surface area contributed by atoms with Crippen molar-refractivity contribution >= 4 is 13.8 Å². The van der Waals surface area contributed by atoms with Crippen molar-refractivity contribution < 1.29 is 0 Å². The zero-order chi connectivity index (χ0) is 9.90. The number of rotatable bonds is 0. The molecular formula is C10H14N2Si. The molecule has 0 aliphatic rings. The van der Waals surface area contributed by atoms with Crippen LogP contribution >= 0.6 is 0 Å². The summed E-state index contributed by atoms with van der Waals surface area (Å²) in [6.45, 7) is 6.58. The third kappa shape index (κ3) is 3.30. The predicted octanol–water partition coefficient (Wildman–Crippen LogP) is 1.89. The molecule has 3 heteroatoms. The maximum absolute atomic E-state index is 5.70. The van der Waals surface area contributed by atoms with Crippen molar-refractivity contribution in [1.29, 1.82) is 0 Å². The summed E-state index contributed by atoms with van der Waals surface area (Å²) < 4.78 is 0. The number of nitrogens with zero attached hydrogens (tertiary/aromatic N) is 1. The van der Waals surface area contributed by atoms with Gasteiger partial charge in [-0.15, -0.1) is 5.54 Å². The van der Waals surface area contributed by atoms with Crippen molar-refractivity contribution in [2.75, 3.05) is 5.73 Å². The molecule has 1 rings (SSSR count). The number of hydrogen-bond acceptors (Lipinski definition) is 2. The maximum Gasteiger partial charge on any atom is 0.135 e. The first kappa shape index (κ1) is 9.81. The highest BCUT2D eigenvalue weighted by atomic mass is 28.3. The van der Waals surface area contributed by atoms with Gasteiger partial charge in [0.2, 0.25) is 0 Å². The fraction of sp³-hybridized carbons (Fsp3) is 0.300. The van der Waals surface area contributed by atoms with Crippen molar-refractivity contribution in [1.82, 2.24) is 4.98 Å². The Hall–Kier alpha value is -1.27. The van der Waals surface area contributed by atoms with E-state index in [-0.39, 0.29) is 0 Å². The van der Waals surface area contributed by atoms with Gasteiger partial charge in [-0.25, -0.2) is 4.98 Å². The number of hydrogen-bond donors (Lipinski definition) is 1. The Morgan fingerprint density at radius 2 is 2.08 bits per heavy atom. The Kier molecular flexibility index (Phi) is 2.74. The molecule has 1 heterocycles. The molecule has 13 heavy (non-hydrogen) atoms. The number of nitrogen functional groups attached to an aromatic ring is 1. The van der Waals surface area contributed by atoms with Gasteiger partial charge in [-0.3, -0.25) is 0 Å². The van der Waals surface area contributed by atoms with Gasteiger partial charge in [0, 0.05) is 6.20 Å². The molecule has 0 spiro atoms. The van der Waals surface area contributed by atoms with E-state index in [1.54, 1.807) is 6.20 Å². The minimum atomic E-state index is -1.32. The van der Waals surface area contributed by atoms with Gasteiger partial charge in [0.05, 0.1) is 5.69 Å². The first-order chi connectivity index (χ1) is 5.99. The van der Waals surface area contributed by atoms with Crippen LogP contribution in [0.3, 0.4) is 0 Å². The van der Waals surface area contributed by atoms with Crippen molar-refractivity contribution in [3.63, 3.8) is 0 Å². The number of pyridine rings is 1. The Morgan fingerprint density at radius 3 is 2.62 bits per heavy atom. The summed E-state index contributed by atoms with van der Waals surface area (Å²) in [7, 11) is -1.32. The lowest BCUT2D eigenvalue weighted by molar-refractivity contribution is 1.29. The van der Waals surface area contributed by atoms with Crippen molar-refractivity contribution in [2.24, 2.45) is 0 Å². The smallest absolute Gasteiger partial charge is 0.135 e. The molecule has 0 atom stereocenters. The van der Waals surface area contributed by atoms with E-state index in [1.165, 1.54) is 0 Å². The highest BCUT2D eigenvalue weighted by Crippen LogP contribution is 2.05. The van der Waals surface area contributed by atoms with Crippen LogP contribution in [-0.4, -0.2) is 13.1 Å². The molecule has 0 saturated heterocycles. The lowest BCUT2D eigenvalue weighted by Crippen LogP contribution is -2.16. The largest absolute Gasteiger partial charge is 0.396 e. The summed E-state index contributed by atoms with van der Waals surface area (Å²) in [4.78, 5) is 4.10. The highest BCUT2D eigenvalue weighted by molar-refractivity contribution is 6.83. The average molecular weight is 190 g/mol. The molecule has 68 valence electrons. The lowest BCUT2D eigenvalue weighted by atomic mass is 10.3. The molecule has 0 bridgehead atoms. The Labute approximate surface area is 80.2 Å². The maximum atomic E-state index is 5.70. The zero-order valence-corrected chi connectivity index (χ0v) is 9.26. The number of nitrogens with two attached hydrogens (primary N) is 1. The second kappa shape index (κ2) is 3.63. The van der Waals surface area contributed by atoms with Crippen LogP contribution in [0.2, 0.25) is 19.6 Å². The minimum absolute atomic E-state index is 0.660. The number of aromatic nitrogens is 1. The van der Waals surface area contributed by atoms with Crippen LogP contribution in [-0.2, 0) is 0 Å². The second-order valence-corrected chi connectivity index (χ2v) is 8.69. The molecule has 0 saturated carbocycles. The van der Waals surface area contributed by atoms with E-state index in [1.807, 2.05) is 12.1 Å². The summed E-state index contributed by atoms with van der Waals surface area (Å²) in [5.74, 6) is 3.03. The van der Waals surface area contributed by atoms with Gasteiger partial charge in [0.15, 0.2) is 0 Å². The van der Waals surface area contributed by atoms with Crippen LogP contribution in [0.4, 0.5) is 5.69 Å². The van der Waals surface area contributed by atoms with Gasteiger partial charge in [-0.1, -0.05) is 25.6 Å². The molecule has 0 amide bonds. The summed E-state index contributed by atoms with van der Waals surface area (Å²) in [6, 6.07) is 3.64. The second-order valence-electron chi connectivity index (χ2n) is 3.94. The monoisotopic (exact) mass is 190 g/mol. The average Bonchev–Trinajstić information content (AvgIpc) is 2.01. The molecule has 0 radical (unpaired) electrons. The van der Waals surface area contributed by atoms with Gasteiger partial charge < -0.3 is 5.73 Å². The van der Waals surface area contributed by atoms with Crippen LogP contribution in [0, 0.1) is 11.5 Å². The van der Waals surface area contributed by atoms with E-state index >= 15 is 0 Å². The Morgan fingerprint density at radius 1 is 1.38 bits per heavy atom. The van der Waals surface area contributed by atoms with Crippen LogP contribution < -0.4 is 5.73 Å². The van der Waals surface area contributed by atoms with E-state index in [9.17, 15) is 0 Å². The molecule has 1 aromatic heterocycles. The summed E-state index contributed by atoms with van der Waals surface area (Å²) in [5, 5.41) is 0. The summed E-state index contributed by atoms with van der Waals surface area (Å²) in [6.07, 6.45) is 1.71. The van der Waals surface area contributed by atoms with Crippen molar-refractivity contribution in [2.45, 2.75) is 19.6 Å². The first-order valence-corrected chi connectivity index (χ1v) is 7.73. The van der Waals surface area contributed by atoms with Gasteiger partial charge in [-0.2, -0.15) is 0 Å². The summed E-state index contributed by atoms with van der Waals surface area (Å²) in [5.41, 5.74) is 10.3. The van der Waals surface area contributed by atoms with E-state index in [0.29, 0.717) is 11.4 Å². The first-order valence-electron chi connectivity index (χ1n) is 4.23. The lowest BCUT2D eigenvalue weighted by Gasteiger charge is -2.03. The Bertz CT molecular complexity index is 355. The third-order valence-electron chi connectivity index (χ3n) is 1.39. The molecule has 0 aliphatic heterocycles. The van der Waals surface area contributed by atoms with Gasteiger partial charge in [0.25, 0.3) is 0 Å². The molecular weight excluding hydrogens is 176 g/mol. The Balaban J connectivity index is 2.97. The molecule has 2 nitrogen and oxygen atoms in total. The molecule has 0 unspecified atom stereocenters. The quantitative estimate of drug-likeness (QED) is 0.501. The number of anilines is 1. The van der Waals surface area contributed by atoms with Gasteiger partial charge in [0.1, 0.15) is 13.8 Å². The third-order valence-corrected chi connectivity index (χ3v) is 2.27. The van der Waals surface area contributed by atoms with Crippen LogP contribution in [0.25, 0.3) is 0 Å². The van der Waals surface area contributed by atoms with E-state index in [2.05, 4.69) is 36.1 Å². The fourth-order valence-electron chi connectivity index (χ4n) is 0.769. The topological polar surface area (TPSA) is 38.9 Å². The predicted molar refractivity (Wildman–Crippen MR) is 58.9 cm³/mol. The fourth-order valence-corrected chi connectivity index (χ4v) is 1.26. The SMILES string of the molecule is C[Si](C)(C)C#Cc1ncccc1N. The van der Waals surface area contributed by atoms with Crippen LogP contribution in [0.1, 0.15) is 5.69 Å². The minimum Gasteiger partial charge on any atom is -0.396 e. The normalized spacial score (nSPS) is 10.4. The molecule has 2 N–H and O–H groups in total. The van der Waals surface area contributed by atoms with Crippen molar-refractivity contribution in [3.05, 3.63) is 24.0 Å². The van der Waals surface area contributed by atoms with E-state index in [4.69, 9.17) is 5.73 Å². The van der Waals surface area contributed by atoms with E-state index < -0.39 is 8.07 Å². The standard InChI is InChI=1S/C10H14N2Si/c1-13(2,3)8-6-10-9(11)5-4-7-12-10/h4-5,7H,11H2,1-3H3. The van der Waals surface area contributed by atoms with Gasteiger partial charge >= 0.3 is 0 Å². The molecule has 0 fully saturated rings. The summed E-state index contributed by atoms with van der Waals surface area (Å²) >= 11 is 0. The van der Waals surface area contributed by atoms with Crippen LogP contribution in [0.15, 0.2) is 18.3 Å². The van der Waals surface area contributed by atoms with Gasteiger partial charge in [-0.05, 0) is 12.1 Å². The van der Waals surface area contributed by atoms with Crippen molar-refractivity contribution in [3.8, 4) is 11.5 Å². The zero-order valence-electron chi connectivity index (χ0n) is 8.26.